The molecule has 1 aromatic heterocycles. The van der Waals surface area contributed by atoms with Crippen LogP contribution in [0.3, 0.4) is 0 Å². The summed E-state index contributed by atoms with van der Waals surface area (Å²) < 4.78 is 11.2. The number of ether oxygens (including phenoxy) is 2. The predicted molar refractivity (Wildman–Crippen MR) is 115 cm³/mol. The third-order valence-electron chi connectivity index (χ3n) is 4.12. The van der Waals surface area contributed by atoms with E-state index in [9.17, 15) is 0 Å². The zero-order valence-electron chi connectivity index (χ0n) is 15.9. The summed E-state index contributed by atoms with van der Waals surface area (Å²) in [6.45, 7) is 0. The summed E-state index contributed by atoms with van der Waals surface area (Å²) in [6.07, 6.45) is 1.70. The van der Waals surface area contributed by atoms with Gasteiger partial charge >= 0.3 is 0 Å². The van der Waals surface area contributed by atoms with E-state index in [2.05, 4.69) is 20.6 Å². The smallest absolute Gasteiger partial charge is 0.229 e. The first kappa shape index (κ1) is 18.3. The van der Waals surface area contributed by atoms with E-state index in [1.165, 1.54) is 0 Å². The van der Waals surface area contributed by atoms with Crippen molar-refractivity contribution in [3.8, 4) is 17.2 Å². The van der Waals surface area contributed by atoms with Gasteiger partial charge in [0.15, 0.2) is 5.75 Å². The molecule has 144 valence electrons. The highest BCUT2D eigenvalue weighted by atomic mass is 16.5. The molecule has 3 aromatic carbocycles. The van der Waals surface area contributed by atoms with Gasteiger partial charge in [0.05, 0.1) is 12.8 Å². The van der Waals surface area contributed by atoms with Gasteiger partial charge in [0.1, 0.15) is 17.3 Å². The quantitative estimate of drug-likeness (QED) is 0.422. The molecule has 2 N–H and O–H groups in total. The van der Waals surface area contributed by atoms with Gasteiger partial charge in [-0.05, 0) is 54.6 Å². The van der Waals surface area contributed by atoms with E-state index < -0.39 is 0 Å². The van der Waals surface area contributed by atoms with Crippen LogP contribution in [-0.4, -0.2) is 17.1 Å². The Morgan fingerprint density at radius 3 is 2.28 bits per heavy atom. The van der Waals surface area contributed by atoms with Crippen molar-refractivity contribution in [3.63, 3.8) is 0 Å². The Balaban J connectivity index is 1.51. The Morgan fingerprint density at radius 2 is 1.48 bits per heavy atom. The van der Waals surface area contributed by atoms with Crippen LogP contribution in [0.1, 0.15) is 0 Å². The van der Waals surface area contributed by atoms with Crippen molar-refractivity contribution in [1.29, 1.82) is 0 Å². The number of nitrogens with one attached hydrogen (secondary N) is 2. The molecule has 0 saturated carbocycles. The van der Waals surface area contributed by atoms with Crippen LogP contribution < -0.4 is 20.1 Å². The molecule has 6 heteroatoms. The van der Waals surface area contributed by atoms with Gasteiger partial charge in [0.2, 0.25) is 5.95 Å². The maximum atomic E-state index is 6.00. The van der Waals surface area contributed by atoms with E-state index in [4.69, 9.17) is 9.47 Å². The highest BCUT2D eigenvalue weighted by Gasteiger charge is 2.07. The third-order valence-corrected chi connectivity index (χ3v) is 4.12. The Kier molecular flexibility index (Phi) is 5.53. The normalized spacial score (nSPS) is 10.2. The number of para-hydroxylation sites is 3. The molecule has 0 amide bonds. The van der Waals surface area contributed by atoms with Crippen LogP contribution >= 0.6 is 0 Å². The van der Waals surface area contributed by atoms with E-state index in [0.717, 1.165) is 22.9 Å². The number of methoxy groups -OCH3 is 1. The lowest BCUT2D eigenvalue weighted by Crippen LogP contribution is -2.01. The van der Waals surface area contributed by atoms with Gasteiger partial charge in [-0.15, -0.1) is 0 Å². The monoisotopic (exact) mass is 384 g/mol. The van der Waals surface area contributed by atoms with Crippen LogP contribution in [0.4, 0.5) is 23.1 Å². The second kappa shape index (κ2) is 8.75. The fourth-order valence-electron chi connectivity index (χ4n) is 2.70. The predicted octanol–water partition coefficient (Wildman–Crippen LogP) is 5.76. The van der Waals surface area contributed by atoms with Gasteiger partial charge in [-0.1, -0.05) is 30.3 Å². The molecular weight excluding hydrogens is 364 g/mol. The number of hydrogen-bond acceptors (Lipinski definition) is 6. The highest BCUT2D eigenvalue weighted by Crippen LogP contribution is 2.31. The number of hydrogen-bond donors (Lipinski definition) is 2. The summed E-state index contributed by atoms with van der Waals surface area (Å²) in [4.78, 5) is 8.82. The van der Waals surface area contributed by atoms with E-state index >= 15 is 0 Å². The lowest BCUT2D eigenvalue weighted by atomic mass is 10.3. The van der Waals surface area contributed by atoms with Crippen molar-refractivity contribution >= 4 is 23.1 Å². The van der Waals surface area contributed by atoms with Gasteiger partial charge in [-0.2, -0.15) is 4.98 Å². The molecule has 0 fully saturated rings. The molecule has 4 aromatic rings. The molecule has 0 spiro atoms. The van der Waals surface area contributed by atoms with E-state index in [1.54, 1.807) is 19.4 Å². The molecule has 0 atom stereocenters. The van der Waals surface area contributed by atoms with Crippen LogP contribution in [0.15, 0.2) is 91.1 Å². The first-order valence-electron chi connectivity index (χ1n) is 9.13. The summed E-state index contributed by atoms with van der Waals surface area (Å²) >= 11 is 0. The lowest BCUT2D eigenvalue weighted by Gasteiger charge is -2.13. The molecule has 1 heterocycles. The van der Waals surface area contributed by atoms with E-state index in [0.29, 0.717) is 17.5 Å². The Labute approximate surface area is 169 Å². The van der Waals surface area contributed by atoms with Crippen molar-refractivity contribution < 1.29 is 9.47 Å². The molecule has 0 aliphatic rings. The fourth-order valence-corrected chi connectivity index (χ4v) is 2.70. The van der Waals surface area contributed by atoms with Crippen molar-refractivity contribution in [1.82, 2.24) is 9.97 Å². The van der Waals surface area contributed by atoms with Gasteiger partial charge in [0, 0.05) is 11.9 Å². The molecule has 4 rings (SSSR count). The van der Waals surface area contributed by atoms with Crippen LogP contribution in [0, 0.1) is 0 Å². The van der Waals surface area contributed by atoms with Gasteiger partial charge in [0.25, 0.3) is 0 Å². The van der Waals surface area contributed by atoms with E-state index in [1.807, 2.05) is 78.9 Å². The largest absolute Gasteiger partial charge is 0.497 e. The first-order valence-corrected chi connectivity index (χ1v) is 9.13. The summed E-state index contributed by atoms with van der Waals surface area (Å²) in [5, 5.41) is 6.49. The van der Waals surface area contributed by atoms with Gasteiger partial charge < -0.3 is 20.1 Å². The molecule has 0 bridgehead atoms. The molecule has 0 saturated heterocycles. The van der Waals surface area contributed by atoms with Crippen molar-refractivity contribution in [2.24, 2.45) is 0 Å². The van der Waals surface area contributed by atoms with Crippen LogP contribution in [0.2, 0.25) is 0 Å². The summed E-state index contributed by atoms with van der Waals surface area (Å²) in [7, 11) is 1.64. The topological polar surface area (TPSA) is 68.3 Å². The number of anilines is 4. The maximum absolute atomic E-state index is 6.00. The average Bonchev–Trinajstić information content (AvgIpc) is 2.77. The zero-order valence-corrected chi connectivity index (χ0v) is 15.9. The lowest BCUT2D eigenvalue weighted by molar-refractivity contribution is 0.415. The van der Waals surface area contributed by atoms with Gasteiger partial charge in [-0.3, -0.25) is 0 Å². The molecule has 0 aliphatic carbocycles. The zero-order chi connectivity index (χ0) is 19.9. The third kappa shape index (κ3) is 4.81. The molecular formula is C23H20N4O2. The molecule has 0 aliphatic heterocycles. The first-order chi connectivity index (χ1) is 14.3. The summed E-state index contributed by atoms with van der Waals surface area (Å²) in [6, 6.07) is 26.8. The number of rotatable bonds is 7. The Hall–Kier alpha value is -4.06. The number of nitrogens with zero attached hydrogens (tertiary/aromatic N) is 2. The highest BCUT2D eigenvalue weighted by molar-refractivity contribution is 5.65. The van der Waals surface area contributed by atoms with Crippen LogP contribution in [0.5, 0.6) is 17.2 Å². The van der Waals surface area contributed by atoms with E-state index in [-0.39, 0.29) is 0 Å². The van der Waals surface area contributed by atoms with Crippen LogP contribution in [-0.2, 0) is 0 Å². The van der Waals surface area contributed by atoms with Crippen LogP contribution in [0.25, 0.3) is 0 Å². The standard InChI is InChI=1S/C23H20N4O2/c1-28-18-13-11-17(12-14-18)25-23-24-16-15-22(27-23)26-20-9-5-6-10-21(20)29-19-7-3-2-4-8-19/h2-16H,1H3,(H2,24,25,26,27). The second-order valence-electron chi connectivity index (χ2n) is 6.16. The minimum Gasteiger partial charge on any atom is -0.497 e. The number of aromatic nitrogens is 2. The minimum absolute atomic E-state index is 0.488. The molecule has 0 radical (unpaired) electrons. The van der Waals surface area contributed by atoms with Crippen molar-refractivity contribution in [2.45, 2.75) is 0 Å². The molecule has 6 nitrogen and oxygen atoms in total. The summed E-state index contributed by atoms with van der Waals surface area (Å²) in [5.41, 5.74) is 1.68. The van der Waals surface area contributed by atoms with Gasteiger partial charge in [-0.25, -0.2) is 4.98 Å². The summed E-state index contributed by atoms with van der Waals surface area (Å²) in [5.74, 6) is 3.41. The minimum atomic E-state index is 0.488. The molecule has 29 heavy (non-hydrogen) atoms. The Bertz CT molecular complexity index is 1070. The molecule has 0 unspecified atom stereocenters. The van der Waals surface area contributed by atoms with Crippen molar-refractivity contribution in [2.75, 3.05) is 17.7 Å². The number of benzene rings is 3. The maximum Gasteiger partial charge on any atom is 0.229 e. The second-order valence-corrected chi connectivity index (χ2v) is 6.16. The average molecular weight is 384 g/mol. The van der Waals surface area contributed by atoms with Crippen molar-refractivity contribution in [3.05, 3.63) is 91.1 Å². The fraction of sp³-hybridized carbons (Fsp3) is 0.0435. The Morgan fingerprint density at radius 1 is 0.724 bits per heavy atom. The SMILES string of the molecule is COc1ccc(Nc2nccc(Nc3ccccc3Oc3ccccc3)n2)cc1.